The number of hydrogen-bond acceptors (Lipinski definition) is 4. The summed E-state index contributed by atoms with van der Waals surface area (Å²) in [4.78, 5) is 10.8. The lowest BCUT2D eigenvalue weighted by Crippen LogP contribution is -2.30. The maximum atomic E-state index is 10.8. The van der Waals surface area contributed by atoms with Crippen molar-refractivity contribution in [2.24, 2.45) is 0 Å². The van der Waals surface area contributed by atoms with Gasteiger partial charge < -0.3 is 20.9 Å². The predicted molar refractivity (Wildman–Crippen MR) is 67.7 cm³/mol. The second kappa shape index (κ2) is 4.17. The first-order valence-corrected chi connectivity index (χ1v) is 6.18. The van der Waals surface area contributed by atoms with Crippen LogP contribution < -0.4 is 11.1 Å². The van der Waals surface area contributed by atoms with Gasteiger partial charge in [0.1, 0.15) is 0 Å². The molecular weight excluding hydrogens is 232 g/mol. The third-order valence-corrected chi connectivity index (χ3v) is 3.75. The zero-order valence-electron chi connectivity index (χ0n) is 9.93. The summed E-state index contributed by atoms with van der Waals surface area (Å²) in [5.41, 5.74) is 7.34. The van der Waals surface area contributed by atoms with Crippen LogP contribution in [0, 0.1) is 0 Å². The lowest BCUT2D eigenvalue weighted by Gasteiger charge is -2.22. The van der Waals surface area contributed by atoms with E-state index in [0.717, 1.165) is 24.9 Å². The minimum absolute atomic E-state index is 0.210. The third-order valence-electron chi connectivity index (χ3n) is 3.75. The largest absolute Gasteiger partial charge is 0.478 e. The lowest BCUT2D eigenvalue weighted by atomic mass is 9.95. The average molecular weight is 248 g/mol. The topological polar surface area (TPSA) is 84.6 Å². The Bertz CT molecular complexity index is 489. The Labute approximate surface area is 105 Å². The van der Waals surface area contributed by atoms with Gasteiger partial charge in [-0.15, -0.1) is 0 Å². The highest BCUT2D eigenvalue weighted by Crippen LogP contribution is 2.36. The smallest absolute Gasteiger partial charge is 0.335 e. The maximum absolute atomic E-state index is 10.8. The summed E-state index contributed by atoms with van der Waals surface area (Å²) in [6.45, 7) is 0. The normalized spacial score (nSPS) is 29.4. The molecule has 0 aliphatic carbocycles. The number of fused-ring (bicyclic) bond motifs is 2. The number of nitrogens with one attached hydrogen (secondary N) is 1. The number of rotatable bonds is 3. The molecule has 0 radical (unpaired) electrons. The fourth-order valence-corrected chi connectivity index (χ4v) is 2.82. The second-order valence-electron chi connectivity index (χ2n) is 4.97. The molecular formula is C13H16N2O3. The third kappa shape index (κ3) is 1.90. The molecule has 0 amide bonds. The van der Waals surface area contributed by atoms with E-state index in [1.807, 2.05) is 0 Å². The van der Waals surface area contributed by atoms with Crippen molar-refractivity contribution in [3.8, 4) is 0 Å². The van der Waals surface area contributed by atoms with E-state index >= 15 is 0 Å². The van der Waals surface area contributed by atoms with Crippen molar-refractivity contribution < 1.29 is 14.6 Å². The number of carbonyl (C=O) groups is 1. The number of carboxylic acid groups (broad SMARTS) is 1. The first-order valence-electron chi connectivity index (χ1n) is 6.18. The van der Waals surface area contributed by atoms with E-state index in [-0.39, 0.29) is 11.7 Å². The van der Waals surface area contributed by atoms with Crippen molar-refractivity contribution in [1.82, 2.24) is 0 Å². The fourth-order valence-electron chi connectivity index (χ4n) is 2.82. The Morgan fingerprint density at radius 2 is 2.28 bits per heavy atom. The van der Waals surface area contributed by atoms with Crippen molar-refractivity contribution in [2.75, 3.05) is 11.1 Å². The molecule has 18 heavy (non-hydrogen) atoms. The molecule has 2 heterocycles. The summed E-state index contributed by atoms with van der Waals surface area (Å²) < 4.78 is 5.76. The summed E-state index contributed by atoms with van der Waals surface area (Å²) >= 11 is 0. The number of benzene rings is 1. The van der Waals surface area contributed by atoms with E-state index in [2.05, 4.69) is 5.32 Å². The van der Waals surface area contributed by atoms with Crippen LogP contribution in [-0.4, -0.2) is 29.3 Å². The van der Waals surface area contributed by atoms with Gasteiger partial charge in [-0.1, -0.05) is 0 Å². The molecule has 0 saturated carbocycles. The fraction of sp³-hybridized carbons (Fsp3) is 0.462. The summed E-state index contributed by atoms with van der Waals surface area (Å²) in [5, 5.41) is 12.2. The van der Waals surface area contributed by atoms with Crippen LogP contribution >= 0.6 is 0 Å². The molecule has 4 N–H and O–H groups in total. The van der Waals surface area contributed by atoms with Crippen LogP contribution in [-0.2, 0) is 4.74 Å². The summed E-state index contributed by atoms with van der Waals surface area (Å²) in [6, 6.07) is 5.07. The van der Waals surface area contributed by atoms with Crippen molar-refractivity contribution in [1.29, 1.82) is 0 Å². The number of nitrogen functional groups attached to an aromatic ring is 1. The van der Waals surface area contributed by atoms with E-state index in [0.29, 0.717) is 17.8 Å². The lowest BCUT2D eigenvalue weighted by molar-refractivity contribution is 0.0697. The SMILES string of the molecule is Nc1cc(C(=O)O)ccc1NC1CC2CCC1O2. The van der Waals surface area contributed by atoms with E-state index in [1.165, 1.54) is 6.07 Å². The Morgan fingerprint density at radius 1 is 1.44 bits per heavy atom. The molecule has 3 atom stereocenters. The van der Waals surface area contributed by atoms with Gasteiger partial charge in [-0.05, 0) is 37.5 Å². The molecule has 2 aliphatic rings. The van der Waals surface area contributed by atoms with Crippen LogP contribution in [0.3, 0.4) is 0 Å². The summed E-state index contributed by atoms with van der Waals surface area (Å²) in [5.74, 6) is -0.962. The Kier molecular flexibility index (Phi) is 2.63. The standard InChI is InChI=1S/C13H16N2O3/c14-9-5-7(13(16)17)1-3-10(9)15-11-6-8-2-4-12(11)18-8/h1,3,5,8,11-12,15H,2,4,6,14H2,(H,16,17). The van der Waals surface area contributed by atoms with Crippen molar-refractivity contribution in [3.05, 3.63) is 23.8 Å². The highest BCUT2D eigenvalue weighted by Gasteiger charge is 2.40. The van der Waals surface area contributed by atoms with Gasteiger partial charge in [0.15, 0.2) is 0 Å². The molecule has 0 spiro atoms. The van der Waals surface area contributed by atoms with Crippen LogP contribution in [0.5, 0.6) is 0 Å². The van der Waals surface area contributed by atoms with E-state index in [4.69, 9.17) is 15.6 Å². The van der Waals surface area contributed by atoms with Gasteiger partial charge in [0.25, 0.3) is 0 Å². The van der Waals surface area contributed by atoms with Gasteiger partial charge in [-0.25, -0.2) is 4.79 Å². The first kappa shape index (κ1) is 11.3. The van der Waals surface area contributed by atoms with Gasteiger partial charge in [-0.3, -0.25) is 0 Å². The molecule has 5 nitrogen and oxygen atoms in total. The number of ether oxygens (including phenoxy) is 1. The molecule has 2 bridgehead atoms. The van der Waals surface area contributed by atoms with E-state index in [1.54, 1.807) is 12.1 Å². The van der Waals surface area contributed by atoms with Crippen molar-refractivity contribution in [3.63, 3.8) is 0 Å². The van der Waals surface area contributed by atoms with Crippen molar-refractivity contribution in [2.45, 2.75) is 37.5 Å². The van der Waals surface area contributed by atoms with Crippen LogP contribution in [0.15, 0.2) is 18.2 Å². The molecule has 96 valence electrons. The van der Waals surface area contributed by atoms with Gasteiger partial charge in [0.05, 0.1) is 35.2 Å². The van der Waals surface area contributed by atoms with Crippen LogP contribution in [0.1, 0.15) is 29.6 Å². The van der Waals surface area contributed by atoms with Gasteiger partial charge in [0.2, 0.25) is 0 Å². The molecule has 1 aromatic carbocycles. The Balaban J connectivity index is 1.75. The number of carboxylic acids is 1. The van der Waals surface area contributed by atoms with E-state index < -0.39 is 5.97 Å². The molecule has 0 aromatic heterocycles. The zero-order valence-corrected chi connectivity index (χ0v) is 9.93. The van der Waals surface area contributed by atoms with Gasteiger partial charge >= 0.3 is 5.97 Å². The molecule has 2 aliphatic heterocycles. The van der Waals surface area contributed by atoms with Gasteiger partial charge in [0, 0.05) is 0 Å². The van der Waals surface area contributed by atoms with Crippen LogP contribution in [0.25, 0.3) is 0 Å². The molecule has 2 fully saturated rings. The Hall–Kier alpha value is -1.75. The first-order chi connectivity index (χ1) is 8.63. The van der Waals surface area contributed by atoms with Gasteiger partial charge in [-0.2, -0.15) is 0 Å². The zero-order chi connectivity index (χ0) is 12.7. The molecule has 5 heteroatoms. The number of aromatic carboxylic acids is 1. The minimum Gasteiger partial charge on any atom is -0.478 e. The number of anilines is 2. The molecule has 2 saturated heterocycles. The minimum atomic E-state index is -0.962. The Morgan fingerprint density at radius 3 is 2.83 bits per heavy atom. The second-order valence-corrected chi connectivity index (χ2v) is 4.97. The number of hydrogen-bond donors (Lipinski definition) is 3. The highest BCUT2D eigenvalue weighted by molar-refractivity contribution is 5.90. The highest BCUT2D eigenvalue weighted by atomic mass is 16.5. The monoisotopic (exact) mass is 248 g/mol. The van der Waals surface area contributed by atoms with Crippen LogP contribution in [0.2, 0.25) is 0 Å². The number of nitrogens with two attached hydrogens (primary N) is 1. The maximum Gasteiger partial charge on any atom is 0.335 e. The van der Waals surface area contributed by atoms with Crippen molar-refractivity contribution >= 4 is 17.3 Å². The van der Waals surface area contributed by atoms with Crippen LogP contribution in [0.4, 0.5) is 11.4 Å². The van der Waals surface area contributed by atoms with E-state index in [9.17, 15) is 4.79 Å². The predicted octanol–water partition coefficient (Wildman–Crippen LogP) is 1.70. The molecule has 1 aromatic rings. The molecule has 3 rings (SSSR count). The average Bonchev–Trinajstić information content (AvgIpc) is 2.93. The summed E-state index contributed by atoms with van der Waals surface area (Å²) in [7, 11) is 0. The quantitative estimate of drug-likeness (QED) is 0.709. The molecule has 3 unspecified atom stereocenters. The summed E-state index contributed by atoms with van der Waals surface area (Å²) in [6.07, 6.45) is 3.90.